The summed E-state index contributed by atoms with van der Waals surface area (Å²) in [6.07, 6.45) is 23.7. The van der Waals surface area contributed by atoms with Crippen LogP contribution < -0.4 is 29.5 Å². The Kier molecular flexibility index (Phi) is 16.8. The van der Waals surface area contributed by atoms with Crippen molar-refractivity contribution >= 4 is 23.2 Å². The van der Waals surface area contributed by atoms with Crippen LogP contribution in [0.4, 0.5) is 0 Å². The average Bonchev–Trinajstić information content (AvgIpc) is 3.98. The minimum absolute atomic E-state index is 0. The van der Waals surface area contributed by atoms with Crippen LogP contribution in [-0.4, -0.2) is 72.7 Å². The molecule has 4 aromatic heterocycles. The molecule has 64 heavy (non-hydrogen) atoms. The first-order chi connectivity index (χ1) is 30.5. The second-order valence-corrected chi connectivity index (χ2v) is 18.0. The van der Waals surface area contributed by atoms with Crippen molar-refractivity contribution in [3.8, 4) is 28.3 Å². The third-order valence-corrected chi connectivity index (χ3v) is 13.8. The molecular weight excluding hydrogens is 794 g/mol. The Morgan fingerprint density at radius 2 is 1.66 bits per heavy atom. The van der Waals surface area contributed by atoms with E-state index >= 15 is 0 Å². The molecule has 5 aromatic rings. The standard InChI is InChI=1S/C40H41N8O2.C11H21NO.Li/c41-21-33-23-44-48-25-32(20-37(39(33)48)31-2-1-16-42-22-31)34-24-43-47(26-34)35-9-3-27(4-10-35)13-17-46-18-14-29(15-19-46)28-5-7-30(8-6-28)36-11-12-38(49)45-40(36)50;1-6-11(7-2,8-3)10(13)12-9(4)5;/h1-2,5-8,20,22-27,29,35-36H,3-4,9-15,17-19H2,(H,45,49,50);9H,1-2,6-8H2,3-5H3,(H,12,13);/q-1;-2;+1. The summed E-state index contributed by atoms with van der Waals surface area (Å²) in [4.78, 5) is 42.4. The van der Waals surface area contributed by atoms with Crippen molar-refractivity contribution in [1.82, 2.24) is 39.9 Å². The monoisotopic (exact) mass is 856 g/mol. The van der Waals surface area contributed by atoms with E-state index in [-0.39, 0.29) is 54.0 Å². The van der Waals surface area contributed by atoms with Gasteiger partial charge in [-0.2, -0.15) is 40.4 Å². The topological polar surface area (TPSA) is 150 Å². The van der Waals surface area contributed by atoms with E-state index in [9.17, 15) is 19.6 Å². The van der Waals surface area contributed by atoms with Gasteiger partial charge in [-0.3, -0.25) is 24.4 Å². The number of nitriles is 1. The minimum atomic E-state index is -0.357. The minimum Gasteiger partial charge on any atom is -0.394 e. The van der Waals surface area contributed by atoms with Gasteiger partial charge in [0.25, 0.3) is 0 Å². The van der Waals surface area contributed by atoms with E-state index in [0.29, 0.717) is 43.2 Å². The molecule has 3 fully saturated rings. The molecule has 1 unspecified atom stereocenters. The first kappa shape index (κ1) is 48.4. The largest absolute Gasteiger partial charge is 1.00 e. The molecular formula is C51H62LiN9O3-2. The van der Waals surface area contributed by atoms with Gasteiger partial charge in [-0.1, -0.05) is 43.6 Å². The van der Waals surface area contributed by atoms with Crippen LogP contribution in [0.5, 0.6) is 0 Å². The number of carbonyl (C=O) groups is 3. The molecule has 1 atom stereocenters. The molecule has 6 heterocycles. The Hall–Kier alpha value is -5.07. The van der Waals surface area contributed by atoms with Crippen LogP contribution in [0.1, 0.15) is 132 Å². The van der Waals surface area contributed by atoms with Crippen LogP contribution in [0.15, 0.2) is 73.4 Å². The summed E-state index contributed by atoms with van der Waals surface area (Å²) in [5.41, 5.74) is 7.20. The third kappa shape index (κ3) is 11.2. The van der Waals surface area contributed by atoms with Gasteiger partial charge in [-0.15, -0.1) is 5.56 Å². The number of nitrogens with zero attached hydrogens (tertiary/aromatic N) is 7. The van der Waals surface area contributed by atoms with Crippen LogP contribution in [0, 0.1) is 42.7 Å². The number of hydrogen-bond donors (Lipinski definition) is 2. The zero-order valence-electron chi connectivity index (χ0n) is 38.2. The van der Waals surface area contributed by atoms with Gasteiger partial charge < -0.3 is 29.0 Å². The second-order valence-electron chi connectivity index (χ2n) is 18.0. The number of carbonyl (C=O) groups excluding carboxylic acids is 3. The molecule has 3 aliphatic rings. The van der Waals surface area contributed by atoms with Crippen molar-refractivity contribution < 1.29 is 33.2 Å². The molecule has 1 saturated carbocycles. The Morgan fingerprint density at radius 3 is 2.28 bits per heavy atom. The van der Waals surface area contributed by atoms with Gasteiger partial charge in [0, 0.05) is 36.0 Å². The van der Waals surface area contributed by atoms with Crippen molar-refractivity contribution in [2.24, 2.45) is 11.3 Å². The molecule has 3 amide bonds. The van der Waals surface area contributed by atoms with E-state index in [0.717, 1.165) is 71.6 Å². The van der Waals surface area contributed by atoms with E-state index in [1.807, 2.05) is 39.2 Å². The third-order valence-electron chi connectivity index (χ3n) is 13.8. The molecule has 332 valence electrons. The van der Waals surface area contributed by atoms with E-state index in [4.69, 9.17) is 5.10 Å². The zero-order chi connectivity index (χ0) is 44.5. The smallest absolute Gasteiger partial charge is 0.394 e. The average molecular weight is 856 g/mol. The van der Waals surface area contributed by atoms with Crippen molar-refractivity contribution in [3.63, 3.8) is 0 Å². The predicted molar refractivity (Wildman–Crippen MR) is 245 cm³/mol. The predicted octanol–water partition coefficient (Wildman–Crippen LogP) is 5.81. The molecule has 2 aliphatic heterocycles. The molecule has 1 aliphatic carbocycles. The second kappa shape index (κ2) is 22.2. The summed E-state index contributed by atoms with van der Waals surface area (Å²) in [5.74, 6) is 0.864. The van der Waals surface area contributed by atoms with Gasteiger partial charge >= 0.3 is 18.9 Å². The van der Waals surface area contributed by atoms with Crippen molar-refractivity contribution in [2.45, 2.75) is 122 Å². The molecule has 0 radical (unpaired) electrons. The number of amides is 3. The van der Waals surface area contributed by atoms with E-state index in [1.54, 1.807) is 23.0 Å². The number of imide groups is 1. The number of piperidine rings is 2. The van der Waals surface area contributed by atoms with Gasteiger partial charge in [-0.25, -0.2) is 4.52 Å². The van der Waals surface area contributed by atoms with Crippen molar-refractivity contribution in [1.29, 1.82) is 5.26 Å². The quantitative estimate of drug-likeness (QED) is 0.0857. The number of aromatic nitrogens is 5. The number of likely N-dealkylation sites (tertiary alicyclic amines) is 1. The Labute approximate surface area is 391 Å². The van der Waals surface area contributed by atoms with Crippen LogP contribution in [0.25, 0.3) is 27.8 Å². The maximum Gasteiger partial charge on any atom is 1.00 e. The summed E-state index contributed by atoms with van der Waals surface area (Å²) < 4.78 is 3.94. The van der Waals surface area contributed by atoms with Crippen molar-refractivity contribution in [2.75, 3.05) is 19.6 Å². The van der Waals surface area contributed by atoms with Crippen molar-refractivity contribution in [3.05, 3.63) is 110 Å². The first-order valence-electron chi connectivity index (χ1n) is 22.9. The van der Waals surface area contributed by atoms with Gasteiger partial charge in [-0.05, 0) is 131 Å². The number of nitrogens with one attached hydrogen (secondary N) is 2. The molecule has 2 saturated heterocycles. The fourth-order valence-electron chi connectivity index (χ4n) is 9.59. The normalized spacial score (nSPS) is 19.6. The van der Waals surface area contributed by atoms with E-state index in [1.165, 1.54) is 44.2 Å². The number of hydrogen-bond acceptors (Lipinski definition) is 8. The van der Waals surface area contributed by atoms with Crippen LogP contribution in [0.3, 0.4) is 0 Å². The van der Waals surface area contributed by atoms with Crippen LogP contribution in [-0.2, 0) is 14.4 Å². The van der Waals surface area contributed by atoms with Crippen LogP contribution >= 0.6 is 0 Å². The van der Waals surface area contributed by atoms with Gasteiger partial charge in [0.2, 0.25) is 17.7 Å². The molecule has 2 N–H and O–H groups in total. The molecule has 1 aromatic carbocycles. The maximum absolute atomic E-state index is 12.3. The Morgan fingerprint density at radius 1 is 0.938 bits per heavy atom. The summed E-state index contributed by atoms with van der Waals surface area (Å²) in [7, 11) is 0. The summed E-state index contributed by atoms with van der Waals surface area (Å²) >= 11 is 0. The van der Waals surface area contributed by atoms with E-state index < -0.39 is 0 Å². The Bertz CT molecular complexity index is 2360. The van der Waals surface area contributed by atoms with Crippen LogP contribution in [0.2, 0.25) is 0 Å². The summed E-state index contributed by atoms with van der Waals surface area (Å²) in [5, 5.41) is 24.4. The molecule has 0 bridgehead atoms. The maximum atomic E-state index is 12.3. The number of rotatable bonds is 13. The molecule has 0 spiro atoms. The van der Waals surface area contributed by atoms with Gasteiger partial charge in [0.1, 0.15) is 6.07 Å². The number of fused-ring (bicyclic) bond motifs is 1. The fourth-order valence-corrected chi connectivity index (χ4v) is 9.59. The SMILES string of the molecule is N#Cc1cnn2cc(-c3cnn(C4CCC(CCN5CCC(c6ccc(C7CCC(=O)NC7=O)cc6)CC5)CC4)c3)cc(-c3cc[c-]nc3)c12.[CH2-]CC(C[CH2-])(CC)C(=O)NC(C)C.[Li+]. The molecule has 8 rings (SSSR count). The fraction of sp³-hybridized carbons (Fsp3) is 0.471. The first-order valence-corrected chi connectivity index (χ1v) is 22.9. The molecule has 13 heteroatoms. The number of benzene rings is 1. The Balaban J connectivity index is 0.000000425. The number of pyridine rings is 2. The van der Waals surface area contributed by atoms with E-state index in [2.05, 4.69) is 92.9 Å². The van der Waals surface area contributed by atoms with Gasteiger partial charge in [0.15, 0.2) is 0 Å². The summed E-state index contributed by atoms with van der Waals surface area (Å²) in [6.45, 7) is 17.0. The molecule has 12 nitrogen and oxygen atoms in total. The summed E-state index contributed by atoms with van der Waals surface area (Å²) in [6, 6.07) is 17.3. The zero-order valence-corrected chi connectivity index (χ0v) is 38.2. The van der Waals surface area contributed by atoms with Gasteiger partial charge in [0.05, 0.1) is 35.4 Å².